The SMILES string of the molecule is C=C1CCCC2C1C(C)NN2I. The van der Waals surface area contributed by atoms with E-state index in [0.29, 0.717) is 18.0 Å². The molecule has 0 amide bonds. The molecule has 0 radical (unpaired) electrons. The molecule has 12 heavy (non-hydrogen) atoms. The molecule has 0 aromatic heterocycles. The van der Waals surface area contributed by atoms with Crippen LogP contribution in [0.4, 0.5) is 0 Å². The molecule has 3 unspecified atom stereocenters. The first kappa shape index (κ1) is 8.97. The molecule has 2 rings (SSSR count). The van der Waals surface area contributed by atoms with Crippen LogP contribution in [0.5, 0.6) is 0 Å². The number of hydrogen-bond acceptors (Lipinski definition) is 2. The molecule has 1 saturated heterocycles. The van der Waals surface area contributed by atoms with Crippen molar-refractivity contribution in [2.45, 2.75) is 38.3 Å². The smallest absolute Gasteiger partial charge is 0.0429 e. The normalized spacial score (nSPS) is 43.2. The Morgan fingerprint density at radius 1 is 1.67 bits per heavy atom. The van der Waals surface area contributed by atoms with Crippen molar-refractivity contribution in [3.8, 4) is 0 Å². The highest BCUT2D eigenvalue weighted by atomic mass is 127. The Labute approximate surface area is 87.9 Å². The van der Waals surface area contributed by atoms with Crippen LogP contribution in [0.25, 0.3) is 0 Å². The standard InChI is InChI=1S/C9H15IN2/c1-6-4-3-5-8-9(6)7(2)11-12(8)10/h7-9,11H,1,3-5H2,2H3. The van der Waals surface area contributed by atoms with Crippen molar-refractivity contribution >= 4 is 22.9 Å². The van der Waals surface area contributed by atoms with E-state index in [-0.39, 0.29) is 0 Å². The van der Waals surface area contributed by atoms with Crippen LogP contribution in [0.2, 0.25) is 0 Å². The average molecular weight is 278 g/mol. The topological polar surface area (TPSA) is 15.3 Å². The highest BCUT2D eigenvalue weighted by Gasteiger charge is 2.41. The van der Waals surface area contributed by atoms with Crippen LogP contribution in [0.3, 0.4) is 0 Å². The predicted molar refractivity (Wildman–Crippen MR) is 58.7 cm³/mol. The van der Waals surface area contributed by atoms with Crippen molar-refractivity contribution in [2.24, 2.45) is 5.92 Å². The van der Waals surface area contributed by atoms with Crippen LogP contribution < -0.4 is 5.43 Å². The van der Waals surface area contributed by atoms with E-state index < -0.39 is 0 Å². The largest absolute Gasteiger partial charge is 0.242 e. The second kappa shape index (κ2) is 3.27. The average Bonchev–Trinajstić information content (AvgIpc) is 2.29. The fraction of sp³-hybridized carbons (Fsp3) is 0.778. The quantitative estimate of drug-likeness (QED) is 0.415. The number of nitrogens with zero attached hydrogens (tertiary/aromatic N) is 1. The van der Waals surface area contributed by atoms with Crippen molar-refractivity contribution in [3.05, 3.63) is 12.2 Å². The summed E-state index contributed by atoms with van der Waals surface area (Å²) >= 11 is 2.37. The second-order valence-electron chi connectivity index (χ2n) is 3.87. The number of fused-ring (bicyclic) bond motifs is 1. The summed E-state index contributed by atoms with van der Waals surface area (Å²) in [5, 5.41) is 0. The summed E-state index contributed by atoms with van der Waals surface area (Å²) in [6, 6.07) is 1.28. The van der Waals surface area contributed by atoms with Crippen LogP contribution in [0.1, 0.15) is 26.2 Å². The zero-order valence-electron chi connectivity index (χ0n) is 7.39. The minimum Gasteiger partial charge on any atom is -0.242 e. The highest BCUT2D eigenvalue weighted by molar-refractivity contribution is 14.1. The molecule has 1 saturated carbocycles. The summed E-state index contributed by atoms with van der Waals surface area (Å²) in [4.78, 5) is 0. The van der Waals surface area contributed by atoms with Crippen molar-refractivity contribution < 1.29 is 0 Å². The lowest BCUT2D eigenvalue weighted by atomic mass is 9.79. The van der Waals surface area contributed by atoms with Gasteiger partial charge in [0.05, 0.1) is 0 Å². The van der Waals surface area contributed by atoms with Gasteiger partial charge in [0.1, 0.15) is 0 Å². The molecule has 1 aliphatic heterocycles. The Balaban J connectivity index is 2.19. The van der Waals surface area contributed by atoms with Gasteiger partial charge in [-0.2, -0.15) is 3.22 Å². The Hall–Kier alpha value is 0.390. The van der Waals surface area contributed by atoms with E-state index in [4.69, 9.17) is 0 Å². The molecule has 3 heteroatoms. The number of rotatable bonds is 0. The molecule has 1 aliphatic carbocycles. The van der Waals surface area contributed by atoms with E-state index >= 15 is 0 Å². The third-order valence-electron chi connectivity index (χ3n) is 3.04. The summed E-state index contributed by atoms with van der Waals surface area (Å²) in [6.07, 6.45) is 3.87. The van der Waals surface area contributed by atoms with Gasteiger partial charge < -0.3 is 0 Å². The number of nitrogens with one attached hydrogen (secondary N) is 1. The summed E-state index contributed by atoms with van der Waals surface area (Å²) in [7, 11) is 0. The first-order chi connectivity index (χ1) is 5.70. The van der Waals surface area contributed by atoms with E-state index in [2.05, 4.69) is 45.0 Å². The van der Waals surface area contributed by atoms with Gasteiger partial charge in [0, 0.05) is 40.9 Å². The Kier molecular flexibility index (Phi) is 2.44. The van der Waals surface area contributed by atoms with Gasteiger partial charge >= 0.3 is 0 Å². The second-order valence-corrected chi connectivity index (χ2v) is 4.91. The lowest BCUT2D eigenvalue weighted by Gasteiger charge is -2.29. The molecule has 0 bridgehead atoms. The van der Waals surface area contributed by atoms with E-state index in [1.165, 1.54) is 24.8 Å². The van der Waals surface area contributed by atoms with E-state index in [0.717, 1.165) is 0 Å². The molecule has 1 N–H and O–H groups in total. The molecule has 3 atom stereocenters. The molecule has 2 aliphatic rings. The lowest BCUT2D eigenvalue weighted by Crippen LogP contribution is -2.31. The summed E-state index contributed by atoms with van der Waals surface area (Å²) in [5.74, 6) is 0.690. The summed E-state index contributed by atoms with van der Waals surface area (Å²) < 4.78 is 2.25. The Morgan fingerprint density at radius 3 is 3.08 bits per heavy atom. The molecule has 2 nitrogen and oxygen atoms in total. The molecular formula is C9H15IN2. The summed E-state index contributed by atoms with van der Waals surface area (Å²) in [5.41, 5.74) is 4.90. The maximum absolute atomic E-state index is 4.17. The minimum absolute atomic E-state index is 0.583. The van der Waals surface area contributed by atoms with Gasteiger partial charge in [-0.3, -0.25) is 0 Å². The molecule has 1 heterocycles. The van der Waals surface area contributed by atoms with Crippen LogP contribution >= 0.6 is 22.9 Å². The number of hydrazine groups is 1. The fourth-order valence-electron chi connectivity index (χ4n) is 2.47. The zero-order chi connectivity index (χ0) is 8.72. The Bertz CT molecular complexity index is 205. The summed E-state index contributed by atoms with van der Waals surface area (Å²) in [6.45, 7) is 6.43. The van der Waals surface area contributed by atoms with Gasteiger partial charge in [0.15, 0.2) is 0 Å². The maximum atomic E-state index is 4.17. The van der Waals surface area contributed by atoms with Crippen LogP contribution in [-0.2, 0) is 0 Å². The molecule has 2 fully saturated rings. The molecule has 68 valence electrons. The predicted octanol–water partition coefficient (Wildman–Crippen LogP) is 2.27. The van der Waals surface area contributed by atoms with Gasteiger partial charge in [0.25, 0.3) is 0 Å². The molecular weight excluding hydrogens is 263 g/mol. The van der Waals surface area contributed by atoms with Crippen LogP contribution in [-0.4, -0.2) is 15.3 Å². The van der Waals surface area contributed by atoms with Crippen LogP contribution in [0.15, 0.2) is 12.2 Å². The molecule has 0 aromatic carbocycles. The zero-order valence-corrected chi connectivity index (χ0v) is 9.54. The van der Waals surface area contributed by atoms with Crippen molar-refractivity contribution in [3.63, 3.8) is 0 Å². The maximum Gasteiger partial charge on any atom is 0.0429 e. The third kappa shape index (κ3) is 1.32. The molecule has 0 aromatic rings. The first-order valence-corrected chi connectivity index (χ1v) is 5.55. The van der Waals surface area contributed by atoms with E-state index in [1.807, 2.05) is 0 Å². The number of hydrogen-bond donors (Lipinski definition) is 1. The van der Waals surface area contributed by atoms with Crippen molar-refractivity contribution in [1.29, 1.82) is 0 Å². The van der Waals surface area contributed by atoms with Gasteiger partial charge in [0.2, 0.25) is 0 Å². The van der Waals surface area contributed by atoms with E-state index in [1.54, 1.807) is 0 Å². The van der Waals surface area contributed by atoms with Gasteiger partial charge in [-0.05, 0) is 26.2 Å². The highest BCUT2D eigenvalue weighted by Crippen LogP contribution is 2.38. The third-order valence-corrected chi connectivity index (χ3v) is 4.03. The van der Waals surface area contributed by atoms with Crippen LogP contribution in [0, 0.1) is 5.92 Å². The first-order valence-electron chi connectivity index (χ1n) is 4.59. The number of halogens is 1. The van der Waals surface area contributed by atoms with Crippen molar-refractivity contribution in [1.82, 2.24) is 8.65 Å². The monoisotopic (exact) mass is 278 g/mol. The van der Waals surface area contributed by atoms with Crippen molar-refractivity contribution in [2.75, 3.05) is 0 Å². The lowest BCUT2D eigenvalue weighted by molar-refractivity contribution is 0.321. The minimum atomic E-state index is 0.583. The van der Waals surface area contributed by atoms with E-state index in [9.17, 15) is 0 Å². The van der Waals surface area contributed by atoms with Gasteiger partial charge in [-0.25, -0.2) is 5.43 Å². The molecule has 0 spiro atoms. The Morgan fingerprint density at radius 2 is 2.42 bits per heavy atom. The fourth-order valence-corrected chi connectivity index (χ4v) is 3.53. The van der Waals surface area contributed by atoms with Gasteiger partial charge in [-0.1, -0.05) is 12.2 Å². The van der Waals surface area contributed by atoms with Gasteiger partial charge in [-0.15, -0.1) is 0 Å².